The Balaban J connectivity index is 2.45. The molecular formula is C17H24O2. The quantitative estimate of drug-likeness (QED) is 0.798. The van der Waals surface area contributed by atoms with E-state index in [1.807, 2.05) is 32.9 Å². The van der Waals surface area contributed by atoms with Crippen molar-refractivity contribution in [3.63, 3.8) is 0 Å². The molecule has 1 N–H and O–H groups in total. The molecule has 1 aliphatic rings. The van der Waals surface area contributed by atoms with Crippen molar-refractivity contribution in [3.05, 3.63) is 34.9 Å². The molecule has 0 saturated carbocycles. The van der Waals surface area contributed by atoms with Crippen molar-refractivity contribution in [2.24, 2.45) is 0 Å². The van der Waals surface area contributed by atoms with E-state index in [4.69, 9.17) is 4.74 Å². The first-order chi connectivity index (χ1) is 8.97. The molecule has 0 aromatic heterocycles. The molecule has 19 heavy (non-hydrogen) atoms. The van der Waals surface area contributed by atoms with Gasteiger partial charge in [-0.3, -0.25) is 0 Å². The number of ether oxygens (including phenoxy) is 1. The minimum atomic E-state index is 0.119. The average molecular weight is 260 g/mol. The number of hydrogen-bond acceptors (Lipinski definition) is 2. The molecule has 0 radical (unpaired) electrons. The maximum atomic E-state index is 10.3. The number of allylic oxidation sites excluding steroid dienone is 2. The van der Waals surface area contributed by atoms with Crippen molar-refractivity contribution < 1.29 is 9.84 Å². The summed E-state index contributed by atoms with van der Waals surface area (Å²) in [5, 5.41) is 10.3. The lowest BCUT2D eigenvalue weighted by molar-refractivity contribution is 0.237. The summed E-state index contributed by atoms with van der Waals surface area (Å²) in [7, 11) is 0. The summed E-state index contributed by atoms with van der Waals surface area (Å²) in [6, 6.07) is 3.87. The second-order valence-electron chi connectivity index (χ2n) is 5.87. The van der Waals surface area contributed by atoms with E-state index in [1.54, 1.807) is 0 Å². The van der Waals surface area contributed by atoms with E-state index >= 15 is 0 Å². The number of phenols is 1. The minimum absolute atomic E-state index is 0.119. The highest BCUT2D eigenvalue weighted by atomic mass is 16.5. The summed E-state index contributed by atoms with van der Waals surface area (Å²) in [5.41, 5.74) is 3.40. The lowest BCUT2D eigenvalue weighted by Gasteiger charge is -2.24. The topological polar surface area (TPSA) is 29.5 Å². The van der Waals surface area contributed by atoms with E-state index in [9.17, 15) is 5.11 Å². The predicted molar refractivity (Wildman–Crippen MR) is 79.0 cm³/mol. The molecular weight excluding hydrogens is 236 g/mol. The summed E-state index contributed by atoms with van der Waals surface area (Å²) in [5.74, 6) is 1.48. The van der Waals surface area contributed by atoms with Crippen LogP contribution in [-0.4, -0.2) is 11.2 Å². The Morgan fingerprint density at radius 3 is 2.63 bits per heavy atom. The van der Waals surface area contributed by atoms with Gasteiger partial charge in [-0.05, 0) is 64.7 Å². The lowest BCUT2D eigenvalue weighted by Crippen LogP contribution is -2.11. The predicted octanol–water partition coefficient (Wildman–Crippen LogP) is 4.70. The third-order valence-electron chi connectivity index (χ3n) is 3.57. The minimum Gasteiger partial charge on any atom is -0.507 e. The van der Waals surface area contributed by atoms with Gasteiger partial charge < -0.3 is 9.84 Å². The van der Waals surface area contributed by atoms with Crippen LogP contribution in [0.15, 0.2) is 23.8 Å². The molecule has 0 amide bonds. The molecule has 1 aromatic carbocycles. The standard InChI is InChI=1S/C17H24O2/c1-11(2)19-16-10-13(4)9-15(18)17(16)14-7-5-6-12(3)8-14/h8-11,14,18H,5-7H2,1-4H3. The Bertz CT molecular complexity index is 486. The molecule has 1 unspecified atom stereocenters. The normalized spacial score (nSPS) is 19.4. The van der Waals surface area contributed by atoms with Gasteiger partial charge in [-0.15, -0.1) is 0 Å². The molecule has 0 heterocycles. The fourth-order valence-electron chi connectivity index (χ4n) is 2.81. The fraction of sp³-hybridized carbons (Fsp3) is 0.529. The molecule has 0 fully saturated rings. The molecule has 1 aliphatic carbocycles. The molecule has 2 rings (SSSR count). The maximum Gasteiger partial charge on any atom is 0.127 e. The molecule has 2 heteroatoms. The van der Waals surface area contributed by atoms with Gasteiger partial charge in [0.25, 0.3) is 0 Å². The Kier molecular flexibility index (Phi) is 4.18. The number of aryl methyl sites for hydroxylation is 1. The molecule has 0 saturated heterocycles. The van der Waals surface area contributed by atoms with Gasteiger partial charge in [-0.25, -0.2) is 0 Å². The second kappa shape index (κ2) is 5.68. The average Bonchev–Trinajstić information content (AvgIpc) is 2.26. The van der Waals surface area contributed by atoms with E-state index in [-0.39, 0.29) is 12.0 Å². The summed E-state index contributed by atoms with van der Waals surface area (Å²) in [6.07, 6.45) is 5.84. The van der Waals surface area contributed by atoms with Gasteiger partial charge in [-0.1, -0.05) is 11.6 Å². The van der Waals surface area contributed by atoms with Crippen molar-refractivity contribution in [3.8, 4) is 11.5 Å². The van der Waals surface area contributed by atoms with E-state index in [1.165, 1.54) is 18.4 Å². The summed E-state index contributed by atoms with van der Waals surface area (Å²) in [4.78, 5) is 0. The number of aromatic hydroxyl groups is 1. The van der Waals surface area contributed by atoms with Crippen LogP contribution in [0.25, 0.3) is 0 Å². The van der Waals surface area contributed by atoms with Gasteiger partial charge >= 0.3 is 0 Å². The maximum absolute atomic E-state index is 10.3. The van der Waals surface area contributed by atoms with Crippen LogP contribution < -0.4 is 4.74 Å². The zero-order chi connectivity index (χ0) is 14.0. The van der Waals surface area contributed by atoms with Crippen LogP contribution in [0.3, 0.4) is 0 Å². The molecule has 1 atom stereocenters. The second-order valence-corrected chi connectivity index (χ2v) is 5.87. The van der Waals surface area contributed by atoms with Gasteiger partial charge in [0.2, 0.25) is 0 Å². The van der Waals surface area contributed by atoms with Crippen molar-refractivity contribution >= 4 is 0 Å². The van der Waals surface area contributed by atoms with Crippen molar-refractivity contribution in [1.82, 2.24) is 0 Å². The van der Waals surface area contributed by atoms with Crippen molar-refractivity contribution in [1.29, 1.82) is 0 Å². The Labute approximate surface area is 116 Å². The first-order valence-corrected chi connectivity index (χ1v) is 7.15. The number of hydrogen-bond donors (Lipinski definition) is 1. The molecule has 1 aromatic rings. The van der Waals surface area contributed by atoms with Gasteiger partial charge in [0.1, 0.15) is 11.5 Å². The first-order valence-electron chi connectivity index (χ1n) is 7.15. The van der Waals surface area contributed by atoms with Crippen LogP contribution in [0, 0.1) is 6.92 Å². The summed E-state index contributed by atoms with van der Waals surface area (Å²) in [6.45, 7) is 8.19. The van der Waals surface area contributed by atoms with E-state index in [0.29, 0.717) is 5.75 Å². The molecule has 2 nitrogen and oxygen atoms in total. The van der Waals surface area contributed by atoms with Crippen LogP contribution in [0.2, 0.25) is 0 Å². The molecule has 104 valence electrons. The highest BCUT2D eigenvalue weighted by Gasteiger charge is 2.22. The molecule has 0 bridgehead atoms. The van der Waals surface area contributed by atoms with Gasteiger partial charge in [-0.2, -0.15) is 0 Å². The molecule has 0 aliphatic heterocycles. The first kappa shape index (κ1) is 14.0. The monoisotopic (exact) mass is 260 g/mol. The summed E-state index contributed by atoms with van der Waals surface area (Å²) >= 11 is 0. The van der Waals surface area contributed by atoms with Crippen LogP contribution in [0.1, 0.15) is 57.1 Å². The Morgan fingerprint density at radius 2 is 2.00 bits per heavy atom. The zero-order valence-corrected chi connectivity index (χ0v) is 12.4. The molecule has 0 spiro atoms. The Morgan fingerprint density at radius 1 is 1.26 bits per heavy atom. The zero-order valence-electron chi connectivity index (χ0n) is 12.4. The highest BCUT2D eigenvalue weighted by Crippen LogP contribution is 2.42. The lowest BCUT2D eigenvalue weighted by atomic mass is 9.85. The third kappa shape index (κ3) is 3.31. The van der Waals surface area contributed by atoms with Gasteiger partial charge in [0.15, 0.2) is 0 Å². The van der Waals surface area contributed by atoms with Crippen molar-refractivity contribution in [2.45, 2.75) is 59.0 Å². The van der Waals surface area contributed by atoms with Gasteiger partial charge in [0.05, 0.1) is 6.10 Å². The van der Waals surface area contributed by atoms with Crippen molar-refractivity contribution in [2.75, 3.05) is 0 Å². The van der Waals surface area contributed by atoms with E-state index in [2.05, 4.69) is 13.0 Å². The van der Waals surface area contributed by atoms with Crippen LogP contribution in [0.4, 0.5) is 0 Å². The SMILES string of the molecule is CC1=CC(c2c(O)cc(C)cc2OC(C)C)CCC1. The number of phenolic OH excluding ortho intramolecular Hbond substituents is 1. The van der Waals surface area contributed by atoms with Crippen LogP contribution >= 0.6 is 0 Å². The van der Waals surface area contributed by atoms with Gasteiger partial charge in [0, 0.05) is 11.5 Å². The van der Waals surface area contributed by atoms with Crippen LogP contribution in [-0.2, 0) is 0 Å². The third-order valence-corrected chi connectivity index (χ3v) is 3.57. The largest absolute Gasteiger partial charge is 0.507 e. The van der Waals surface area contributed by atoms with E-state index in [0.717, 1.165) is 23.3 Å². The summed E-state index contributed by atoms with van der Waals surface area (Å²) < 4.78 is 5.91. The van der Waals surface area contributed by atoms with E-state index < -0.39 is 0 Å². The number of rotatable bonds is 3. The smallest absolute Gasteiger partial charge is 0.127 e. The fourth-order valence-corrected chi connectivity index (χ4v) is 2.81. The Hall–Kier alpha value is -1.44. The number of benzene rings is 1. The highest BCUT2D eigenvalue weighted by molar-refractivity contribution is 5.51. The van der Waals surface area contributed by atoms with Crippen LogP contribution in [0.5, 0.6) is 11.5 Å².